The number of carbonyl (C=O) groups excluding carboxylic acids is 2. The zero-order valence-corrected chi connectivity index (χ0v) is 21.7. The number of esters is 2. The highest BCUT2D eigenvalue weighted by atomic mass is 16.5. The third-order valence-electron chi connectivity index (χ3n) is 10.2. The van der Waals surface area contributed by atoms with Crippen molar-refractivity contribution in [3.63, 3.8) is 0 Å². The molecule has 35 heavy (non-hydrogen) atoms. The number of rotatable bonds is 3. The molecule has 1 aromatic rings. The maximum Gasteiger partial charge on any atom is 0.303 e. The minimum absolute atomic E-state index is 0.0213. The molecule has 0 saturated heterocycles. The van der Waals surface area contributed by atoms with E-state index in [1.807, 2.05) is 6.07 Å². The van der Waals surface area contributed by atoms with Crippen LogP contribution in [0.2, 0.25) is 0 Å². The van der Waals surface area contributed by atoms with E-state index in [0.29, 0.717) is 23.7 Å². The molecule has 0 amide bonds. The van der Waals surface area contributed by atoms with Crippen LogP contribution in [0.15, 0.2) is 48.1 Å². The summed E-state index contributed by atoms with van der Waals surface area (Å²) in [6, 6.07) is 10.4. The minimum atomic E-state index is -0.193. The molecule has 188 valence electrons. The van der Waals surface area contributed by atoms with E-state index >= 15 is 0 Å². The molecule has 0 bridgehead atoms. The molecule has 1 aromatic carbocycles. The highest BCUT2D eigenvalue weighted by Crippen LogP contribution is 2.68. The Morgan fingerprint density at radius 3 is 2.31 bits per heavy atom. The molecule has 4 aliphatic carbocycles. The molecule has 4 saturated carbocycles. The number of benzene rings is 1. The fourth-order valence-electron chi connectivity index (χ4n) is 8.67. The van der Waals surface area contributed by atoms with Crippen LogP contribution >= 0.6 is 0 Å². The van der Waals surface area contributed by atoms with Gasteiger partial charge < -0.3 is 9.47 Å². The SMILES string of the molecule is C=C1C[C@@H]2[C@H]3CC(=Cc4ccccc4)[C@@H](OC(C)=O)[C@]3(C)CC[C@H]2[C@]2(C)CC[C@H](OC(C)=O)C[C@@H]12. The molecule has 0 unspecified atom stereocenters. The van der Waals surface area contributed by atoms with Gasteiger partial charge in [-0.2, -0.15) is 0 Å². The molecule has 0 radical (unpaired) electrons. The van der Waals surface area contributed by atoms with Crippen LogP contribution in [-0.2, 0) is 19.1 Å². The number of ether oxygens (including phenoxy) is 2. The lowest BCUT2D eigenvalue weighted by molar-refractivity contribution is -0.161. The molecule has 0 N–H and O–H groups in total. The van der Waals surface area contributed by atoms with Crippen molar-refractivity contribution in [3.05, 3.63) is 53.6 Å². The molecule has 8 atom stereocenters. The van der Waals surface area contributed by atoms with Gasteiger partial charge in [0.05, 0.1) is 0 Å². The molecule has 0 spiro atoms. The molecule has 4 aliphatic rings. The van der Waals surface area contributed by atoms with Crippen molar-refractivity contribution in [2.45, 2.75) is 84.8 Å². The standard InChI is InChI=1S/C31H40O4/c1-19-15-25-26(30(4)13-11-24(18-27(19)30)34-20(2)32)12-14-31(5)28(25)17-23(29(31)35-21(3)33)16-22-9-7-6-8-10-22/h6-10,16,24-29H,1,11-15,17-18H2,2-5H3/t24-,25-,26+,27-,28+,29+,30-,31+/m0/s1. The second kappa shape index (κ2) is 8.94. The fraction of sp³-hybridized carbons (Fsp3) is 0.613. The summed E-state index contributed by atoms with van der Waals surface area (Å²) >= 11 is 0. The first-order chi connectivity index (χ1) is 16.6. The Morgan fingerprint density at radius 1 is 0.943 bits per heavy atom. The van der Waals surface area contributed by atoms with Gasteiger partial charge >= 0.3 is 11.9 Å². The molecule has 4 heteroatoms. The topological polar surface area (TPSA) is 52.6 Å². The van der Waals surface area contributed by atoms with Crippen molar-refractivity contribution in [3.8, 4) is 0 Å². The largest absolute Gasteiger partial charge is 0.463 e. The minimum Gasteiger partial charge on any atom is -0.463 e. The van der Waals surface area contributed by atoms with Gasteiger partial charge in [0.25, 0.3) is 0 Å². The van der Waals surface area contributed by atoms with Gasteiger partial charge in [0.1, 0.15) is 12.2 Å². The summed E-state index contributed by atoms with van der Waals surface area (Å²) in [5.74, 6) is 1.70. The van der Waals surface area contributed by atoms with Gasteiger partial charge in [-0.25, -0.2) is 0 Å². The molecular weight excluding hydrogens is 436 g/mol. The lowest BCUT2D eigenvalue weighted by Gasteiger charge is -2.61. The van der Waals surface area contributed by atoms with Crippen LogP contribution < -0.4 is 0 Å². The monoisotopic (exact) mass is 476 g/mol. The van der Waals surface area contributed by atoms with Crippen molar-refractivity contribution in [1.82, 2.24) is 0 Å². The predicted molar refractivity (Wildman–Crippen MR) is 137 cm³/mol. The number of carbonyl (C=O) groups is 2. The molecule has 0 aliphatic heterocycles. The highest BCUT2D eigenvalue weighted by Gasteiger charge is 2.63. The molecule has 4 nitrogen and oxygen atoms in total. The number of allylic oxidation sites excluding steroid dienone is 1. The number of fused-ring (bicyclic) bond motifs is 5. The Morgan fingerprint density at radius 2 is 1.63 bits per heavy atom. The van der Waals surface area contributed by atoms with Crippen molar-refractivity contribution in [1.29, 1.82) is 0 Å². The molecule has 5 rings (SSSR count). The molecule has 0 aromatic heterocycles. The van der Waals surface area contributed by atoms with Crippen molar-refractivity contribution < 1.29 is 19.1 Å². The Kier molecular flexibility index (Phi) is 6.22. The Labute approximate surface area is 210 Å². The van der Waals surface area contributed by atoms with Crippen LogP contribution in [0.5, 0.6) is 0 Å². The predicted octanol–water partition coefficient (Wildman–Crippen LogP) is 6.75. The summed E-state index contributed by atoms with van der Waals surface area (Å²) in [7, 11) is 0. The van der Waals surface area contributed by atoms with Crippen LogP contribution in [-0.4, -0.2) is 24.1 Å². The summed E-state index contributed by atoms with van der Waals surface area (Å²) in [6.07, 6.45) is 9.31. The molecule has 4 fully saturated rings. The first kappa shape index (κ1) is 24.3. The van der Waals surface area contributed by atoms with Gasteiger partial charge in [0.2, 0.25) is 0 Å². The second-order valence-electron chi connectivity index (χ2n) is 12.2. The molecule has 0 heterocycles. The van der Waals surface area contributed by atoms with E-state index in [4.69, 9.17) is 9.47 Å². The van der Waals surface area contributed by atoms with Gasteiger partial charge in [0.15, 0.2) is 0 Å². The summed E-state index contributed by atoms with van der Waals surface area (Å²) in [6.45, 7) is 12.5. The van der Waals surface area contributed by atoms with E-state index in [0.717, 1.165) is 44.9 Å². The third kappa shape index (κ3) is 4.17. The van der Waals surface area contributed by atoms with E-state index < -0.39 is 0 Å². The fourth-order valence-corrected chi connectivity index (χ4v) is 8.67. The second-order valence-corrected chi connectivity index (χ2v) is 12.2. The van der Waals surface area contributed by atoms with Crippen molar-refractivity contribution in [2.75, 3.05) is 0 Å². The van der Waals surface area contributed by atoms with Crippen LogP contribution in [0.25, 0.3) is 6.08 Å². The van der Waals surface area contributed by atoms with Crippen LogP contribution in [0.3, 0.4) is 0 Å². The average molecular weight is 477 g/mol. The Hall–Kier alpha value is -2.36. The summed E-state index contributed by atoms with van der Waals surface area (Å²) in [5, 5.41) is 0. The third-order valence-corrected chi connectivity index (χ3v) is 10.2. The maximum atomic E-state index is 12.2. The van der Waals surface area contributed by atoms with Crippen LogP contribution in [0, 0.1) is 34.5 Å². The Balaban J connectivity index is 1.46. The zero-order chi connectivity index (χ0) is 25.0. The van der Waals surface area contributed by atoms with E-state index in [2.05, 4.69) is 50.8 Å². The normalized spacial score (nSPS) is 41.5. The van der Waals surface area contributed by atoms with Crippen LogP contribution in [0.1, 0.15) is 78.2 Å². The van der Waals surface area contributed by atoms with Gasteiger partial charge in [-0.3, -0.25) is 9.59 Å². The number of hydrogen-bond acceptors (Lipinski definition) is 4. The first-order valence-corrected chi connectivity index (χ1v) is 13.4. The van der Waals surface area contributed by atoms with Gasteiger partial charge in [-0.1, -0.05) is 62.4 Å². The first-order valence-electron chi connectivity index (χ1n) is 13.4. The number of hydrogen-bond donors (Lipinski definition) is 0. The van der Waals surface area contributed by atoms with Crippen molar-refractivity contribution >= 4 is 18.0 Å². The van der Waals surface area contributed by atoms with Crippen LogP contribution in [0.4, 0.5) is 0 Å². The van der Waals surface area contributed by atoms with E-state index in [9.17, 15) is 9.59 Å². The highest BCUT2D eigenvalue weighted by molar-refractivity contribution is 5.68. The van der Waals surface area contributed by atoms with E-state index in [1.54, 1.807) is 0 Å². The van der Waals surface area contributed by atoms with Gasteiger partial charge in [0, 0.05) is 19.3 Å². The lowest BCUT2D eigenvalue weighted by Crippen LogP contribution is -2.55. The van der Waals surface area contributed by atoms with Gasteiger partial charge in [-0.05, 0) is 85.2 Å². The zero-order valence-electron chi connectivity index (χ0n) is 21.7. The maximum absolute atomic E-state index is 12.2. The quantitative estimate of drug-likeness (QED) is 0.358. The average Bonchev–Trinajstić information content (AvgIpc) is 3.06. The van der Waals surface area contributed by atoms with Crippen molar-refractivity contribution in [2.24, 2.45) is 34.5 Å². The summed E-state index contributed by atoms with van der Waals surface area (Å²) in [4.78, 5) is 23.8. The van der Waals surface area contributed by atoms with Gasteiger partial charge in [-0.15, -0.1) is 0 Å². The summed E-state index contributed by atoms with van der Waals surface area (Å²) in [5.41, 5.74) is 3.91. The smallest absolute Gasteiger partial charge is 0.303 e. The molecular formula is C31H40O4. The van der Waals surface area contributed by atoms with E-state index in [1.165, 1.54) is 30.6 Å². The Bertz CT molecular complexity index is 1040. The lowest BCUT2D eigenvalue weighted by atomic mass is 9.44. The van der Waals surface area contributed by atoms with E-state index in [-0.39, 0.29) is 35.0 Å². The summed E-state index contributed by atoms with van der Waals surface area (Å²) < 4.78 is 11.7.